The molecule has 0 atom stereocenters. The average molecular weight is 400 g/mol. The van der Waals surface area contributed by atoms with Crippen LogP contribution in [0, 0.1) is 0 Å². The van der Waals surface area contributed by atoms with Crippen LogP contribution in [0.25, 0.3) is 10.2 Å². The van der Waals surface area contributed by atoms with E-state index in [0.29, 0.717) is 28.5 Å². The van der Waals surface area contributed by atoms with Crippen LogP contribution in [0.15, 0.2) is 47.5 Å². The first-order chi connectivity index (χ1) is 13.6. The van der Waals surface area contributed by atoms with Crippen molar-refractivity contribution in [3.05, 3.63) is 52.8 Å². The molecule has 3 rings (SSSR count). The quantitative estimate of drug-likeness (QED) is 0.594. The molecule has 7 nitrogen and oxygen atoms in total. The van der Waals surface area contributed by atoms with Gasteiger partial charge in [0.25, 0.3) is 5.91 Å². The maximum Gasteiger partial charge on any atom is 0.325 e. The minimum Gasteiger partial charge on any atom is -0.496 e. The normalized spacial score (nSPS) is 11.5. The SMILES string of the molecule is CCOc1ccc2c(c1)sc(=NC(=O)c1ccccc1OC)n2CC(=O)OC. The van der Waals surface area contributed by atoms with Crippen LogP contribution >= 0.6 is 11.3 Å². The Hall–Kier alpha value is -3.13. The minimum absolute atomic E-state index is 0.0531. The van der Waals surface area contributed by atoms with Gasteiger partial charge in [-0.1, -0.05) is 23.5 Å². The summed E-state index contributed by atoms with van der Waals surface area (Å²) in [6.45, 7) is 2.40. The van der Waals surface area contributed by atoms with E-state index in [2.05, 4.69) is 4.99 Å². The maximum absolute atomic E-state index is 12.8. The zero-order chi connectivity index (χ0) is 20.1. The number of ether oxygens (including phenoxy) is 3. The van der Waals surface area contributed by atoms with Gasteiger partial charge in [0.05, 0.1) is 36.6 Å². The van der Waals surface area contributed by atoms with Crippen LogP contribution in [0.3, 0.4) is 0 Å². The fourth-order valence-electron chi connectivity index (χ4n) is 2.71. The molecule has 0 unspecified atom stereocenters. The Morgan fingerprint density at radius 3 is 2.64 bits per heavy atom. The van der Waals surface area contributed by atoms with Gasteiger partial charge in [-0.05, 0) is 37.3 Å². The lowest BCUT2D eigenvalue weighted by Crippen LogP contribution is -2.22. The van der Waals surface area contributed by atoms with Gasteiger partial charge in [0, 0.05) is 0 Å². The monoisotopic (exact) mass is 400 g/mol. The molecule has 28 heavy (non-hydrogen) atoms. The van der Waals surface area contributed by atoms with E-state index in [1.54, 1.807) is 28.8 Å². The molecular weight excluding hydrogens is 380 g/mol. The van der Waals surface area contributed by atoms with Crippen LogP contribution in [0.4, 0.5) is 0 Å². The van der Waals surface area contributed by atoms with Gasteiger partial charge < -0.3 is 18.8 Å². The third kappa shape index (κ3) is 4.07. The standard InChI is InChI=1S/C20H20N2O5S/c1-4-27-13-9-10-15-17(11-13)28-20(22(15)12-18(23)26-3)21-19(24)14-7-5-6-8-16(14)25-2/h5-11H,4,12H2,1-3H3. The van der Waals surface area contributed by atoms with E-state index < -0.39 is 11.9 Å². The van der Waals surface area contributed by atoms with Crippen LogP contribution in [-0.2, 0) is 16.1 Å². The van der Waals surface area contributed by atoms with Crippen molar-refractivity contribution in [3.63, 3.8) is 0 Å². The average Bonchev–Trinajstić information content (AvgIpc) is 3.04. The van der Waals surface area contributed by atoms with Crippen molar-refractivity contribution >= 4 is 33.4 Å². The minimum atomic E-state index is -0.451. The Labute approximate surface area is 165 Å². The van der Waals surface area contributed by atoms with Crippen LogP contribution in [-0.4, -0.2) is 37.3 Å². The second-order valence-electron chi connectivity index (χ2n) is 5.73. The first-order valence-corrected chi connectivity index (χ1v) is 9.44. The fourth-order valence-corrected chi connectivity index (χ4v) is 3.77. The predicted molar refractivity (Wildman–Crippen MR) is 106 cm³/mol. The highest BCUT2D eigenvalue weighted by molar-refractivity contribution is 7.16. The van der Waals surface area contributed by atoms with Crippen molar-refractivity contribution in [2.75, 3.05) is 20.8 Å². The number of esters is 1. The highest BCUT2D eigenvalue weighted by Crippen LogP contribution is 2.24. The summed E-state index contributed by atoms with van der Waals surface area (Å²) in [5, 5.41) is 0. The second kappa shape index (κ2) is 8.71. The van der Waals surface area contributed by atoms with Crippen LogP contribution < -0.4 is 14.3 Å². The van der Waals surface area contributed by atoms with Crippen LogP contribution in [0.5, 0.6) is 11.5 Å². The van der Waals surface area contributed by atoms with Gasteiger partial charge in [-0.2, -0.15) is 4.99 Å². The largest absolute Gasteiger partial charge is 0.496 e. The molecule has 0 spiro atoms. The maximum atomic E-state index is 12.8. The molecule has 0 aliphatic heterocycles. The number of hydrogen-bond acceptors (Lipinski definition) is 6. The molecule has 2 aromatic carbocycles. The van der Waals surface area contributed by atoms with Gasteiger partial charge >= 0.3 is 5.97 Å². The lowest BCUT2D eigenvalue weighted by molar-refractivity contribution is -0.141. The number of thiazole rings is 1. The molecule has 0 bridgehead atoms. The van der Waals surface area contributed by atoms with E-state index in [1.165, 1.54) is 25.6 Å². The molecule has 146 valence electrons. The van der Waals surface area contributed by atoms with Gasteiger partial charge in [-0.3, -0.25) is 9.59 Å². The third-order valence-electron chi connectivity index (χ3n) is 4.01. The highest BCUT2D eigenvalue weighted by atomic mass is 32.1. The summed E-state index contributed by atoms with van der Waals surface area (Å²) in [6.07, 6.45) is 0. The number of nitrogens with zero attached hydrogens (tertiary/aromatic N) is 2. The smallest absolute Gasteiger partial charge is 0.325 e. The summed E-state index contributed by atoms with van der Waals surface area (Å²) >= 11 is 1.30. The molecule has 0 saturated carbocycles. The highest BCUT2D eigenvalue weighted by Gasteiger charge is 2.15. The van der Waals surface area contributed by atoms with Gasteiger partial charge in [0.2, 0.25) is 0 Å². The molecular formula is C20H20N2O5S. The zero-order valence-electron chi connectivity index (χ0n) is 15.8. The van der Waals surface area contributed by atoms with Gasteiger partial charge in [0.1, 0.15) is 18.0 Å². The number of aromatic nitrogens is 1. The molecule has 0 N–H and O–H groups in total. The molecule has 1 heterocycles. The summed E-state index contributed by atoms with van der Waals surface area (Å²) in [7, 11) is 2.82. The van der Waals surface area contributed by atoms with Crippen molar-refractivity contribution in [2.24, 2.45) is 4.99 Å². The van der Waals surface area contributed by atoms with Crippen molar-refractivity contribution in [1.82, 2.24) is 4.57 Å². The summed E-state index contributed by atoms with van der Waals surface area (Å²) in [6, 6.07) is 12.4. The number of methoxy groups -OCH3 is 2. The van der Waals surface area contributed by atoms with Gasteiger partial charge in [-0.15, -0.1) is 0 Å². The number of amides is 1. The van der Waals surface area contributed by atoms with E-state index in [-0.39, 0.29) is 6.54 Å². The van der Waals surface area contributed by atoms with Crippen molar-refractivity contribution in [3.8, 4) is 11.5 Å². The lowest BCUT2D eigenvalue weighted by atomic mass is 10.2. The molecule has 0 radical (unpaired) electrons. The van der Waals surface area contributed by atoms with Crippen molar-refractivity contribution in [1.29, 1.82) is 0 Å². The summed E-state index contributed by atoms with van der Waals surface area (Å²) in [5.41, 5.74) is 1.12. The molecule has 0 aliphatic carbocycles. The number of fused-ring (bicyclic) bond motifs is 1. The van der Waals surface area contributed by atoms with Gasteiger partial charge in [-0.25, -0.2) is 0 Å². The van der Waals surface area contributed by atoms with Crippen LogP contribution in [0.2, 0.25) is 0 Å². The molecule has 0 fully saturated rings. The summed E-state index contributed by atoms with van der Waals surface area (Å²) in [4.78, 5) is 29.3. The fraction of sp³-hybridized carbons (Fsp3) is 0.250. The number of rotatable bonds is 6. The third-order valence-corrected chi connectivity index (χ3v) is 5.06. The first kappa shape index (κ1) is 19.6. The first-order valence-electron chi connectivity index (χ1n) is 8.62. The Kier molecular flexibility index (Phi) is 6.10. The molecule has 0 aliphatic rings. The summed E-state index contributed by atoms with van der Waals surface area (Å²) < 4.78 is 18.1. The topological polar surface area (TPSA) is 79.1 Å². The molecule has 1 aromatic heterocycles. The van der Waals surface area contributed by atoms with E-state index in [1.807, 2.05) is 25.1 Å². The molecule has 8 heteroatoms. The number of hydrogen-bond donors (Lipinski definition) is 0. The number of benzene rings is 2. The van der Waals surface area contributed by atoms with E-state index >= 15 is 0 Å². The summed E-state index contributed by atoms with van der Waals surface area (Å²) in [5.74, 6) is 0.270. The number of carbonyl (C=O) groups is 2. The van der Waals surface area contributed by atoms with Crippen molar-refractivity contribution in [2.45, 2.75) is 13.5 Å². The van der Waals surface area contributed by atoms with E-state index in [0.717, 1.165) is 10.2 Å². The van der Waals surface area contributed by atoms with Crippen LogP contribution in [0.1, 0.15) is 17.3 Å². The Morgan fingerprint density at radius 2 is 1.93 bits per heavy atom. The lowest BCUT2D eigenvalue weighted by Gasteiger charge is -2.06. The Bertz CT molecular complexity index is 1080. The van der Waals surface area contributed by atoms with E-state index in [4.69, 9.17) is 14.2 Å². The second-order valence-corrected chi connectivity index (χ2v) is 6.74. The molecule has 3 aromatic rings. The van der Waals surface area contributed by atoms with E-state index in [9.17, 15) is 9.59 Å². The predicted octanol–water partition coefficient (Wildman–Crippen LogP) is 3.02. The molecule has 0 saturated heterocycles. The number of para-hydroxylation sites is 1. The van der Waals surface area contributed by atoms with Crippen molar-refractivity contribution < 1.29 is 23.8 Å². The Morgan fingerprint density at radius 1 is 1.14 bits per heavy atom. The van der Waals surface area contributed by atoms with Gasteiger partial charge in [0.15, 0.2) is 4.80 Å². The Balaban J connectivity index is 2.14. The molecule has 1 amide bonds. The number of carbonyl (C=O) groups excluding carboxylic acids is 2. The zero-order valence-corrected chi connectivity index (χ0v) is 16.6.